The topological polar surface area (TPSA) is 83.9 Å². The van der Waals surface area contributed by atoms with Crippen LogP contribution in [0.4, 0.5) is 11.6 Å². The minimum Gasteiger partial charge on any atom is -0.339 e. The van der Waals surface area contributed by atoms with Crippen molar-refractivity contribution >= 4 is 23.6 Å². The van der Waals surface area contributed by atoms with E-state index in [0.717, 1.165) is 49.4 Å². The predicted molar refractivity (Wildman–Crippen MR) is 116 cm³/mol. The van der Waals surface area contributed by atoms with Gasteiger partial charge in [-0.05, 0) is 67.2 Å². The Morgan fingerprint density at radius 1 is 1.10 bits per heavy atom. The lowest BCUT2D eigenvalue weighted by Gasteiger charge is -2.32. The van der Waals surface area contributed by atoms with Crippen LogP contribution in [0.1, 0.15) is 24.1 Å². The zero-order valence-electron chi connectivity index (χ0n) is 16.7. The third kappa shape index (κ3) is 5.47. The van der Waals surface area contributed by atoms with Gasteiger partial charge in [0.05, 0.1) is 5.69 Å². The molecule has 0 saturated carbocycles. The maximum absolute atomic E-state index is 12.6. The number of nitrogens with one attached hydrogen (secondary N) is 1. The largest absolute Gasteiger partial charge is 0.339 e. The molecule has 1 aliphatic rings. The predicted octanol–water partition coefficient (Wildman–Crippen LogP) is 3.50. The molecule has 1 amide bonds. The van der Waals surface area contributed by atoms with E-state index < -0.39 is 0 Å². The molecule has 1 aliphatic heterocycles. The molecule has 7 nitrogen and oxygen atoms in total. The molecule has 1 fully saturated rings. The van der Waals surface area contributed by atoms with E-state index in [1.807, 2.05) is 53.4 Å². The first-order chi connectivity index (χ1) is 14.8. The molecule has 4 rings (SSSR count). The molecule has 0 spiro atoms. The zero-order chi connectivity index (χ0) is 20.6. The van der Waals surface area contributed by atoms with Crippen LogP contribution in [0.25, 0.3) is 6.08 Å². The van der Waals surface area contributed by atoms with Gasteiger partial charge in [-0.15, -0.1) is 5.10 Å². The fourth-order valence-electron chi connectivity index (χ4n) is 3.58. The molecule has 7 heteroatoms. The van der Waals surface area contributed by atoms with Gasteiger partial charge in [-0.2, -0.15) is 5.10 Å². The Morgan fingerprint density at radius 3 is 2.83 bits per heavy atom. The van der Waals surface area contributed by atoms with Gasteiger partial charge in [0, 0.05) is 37.8 Å². The van der Waals surface area contributed by atoms with Gasteiger partial charge < -0.3 is 10.2 Å². The van der Waals surface area contributed by atoms with E-state index in [1.165, 1.54) is 0 Å². The van der Waals surface area contributed by atoms with Crippen molar-refractivity contribution in [2.45, 2.75) is 19.3 Å². The number of carbonyl (C=O) groups is 1. The summed E-state index contributed by atoms with van der Waals surface area (Å²) in [7, 11) is 0. The van der Waals surface area contributed by atoms with E-state index in [9.17, 15) is 4.79 Å². The van der Waals surface area contributed by atoms with Crippen LogP contribution < -0.4 is 5.32 Å². The Balaban J connectivity index is 1.31. The number of hydrogen-bond acceptors (Lipinski definition) is 6. The summed E-state index contributed by atoms with van der Waals surface area (Å²) >= 11 is 0. The average Bonchev–Trinajstić information content (AvgIpc) is 2.80. The number of likely N-dealkylation sites (tertiary alicyclic amines) is 1. The normalized spacial score (nSPS) is 16.5. The van der Waals surface area contributed by atoms with Gasteiger partial charge >= 0.3 is 0 Å². The first-order valence-electron chi connectivity index (χ1n) is 10.1. The molecule has 3 aromatic rings. The van der Waals surface area contributed by atoms with Crippen molar-refractivity contribution in [1.29, 1.82) is 0 Å². The maximum atomic E-state index is 12.6. The average molecular weight is 400 g/mol. The number of hydrogen-bond donors (Lipinski definition) is 1. The fourth-order valence-corrected chi connectivity index (χ4v) is 3.58. The van der Waals surface area contributed by atoms with Crippen molar-refractivity contribution in [2.24, 2.45) is 5.92 Å². The number of carbonyl (C=O) groups excluding carboxylic acids is 1. The lowest BCUT2D eigenvalue weighted by atomic mass is 9.93. The molecule has 0 radical (unpaired) electrons. The smallest absolute Gasteiger partial charge is 0.246 e. The minimum absolute atomic E-state index is 0.0459. The second-order valence-corrected chi connectivity index (χ2v) is 7.37. The third-order valence-electron chi connectivity index (χ3n) is 5.07. The highest BCUT2D eigenvalue weighted by Crippen LogP contribution is 2.21. The summed E-state index contributed by atoms with van der Waals surface area (Å²) < 4.78 is 0. The summed E-state index contributed by atoms with van der Waals surface area (Å²) in [4.78, 5) is 22.8. The van der Waals surface area contributed by atoms with Gasteiger partial charge in [0.1, 0.15) is 5.82 Å². The van der Waals surface area contributed by atoms with Crippen LogP contribution in [0, 0.1) is 5.92 Å². The first kappa shape index (κ1) is 19.7. The van der Waals surface area contributed by atoms with Crippen LogP contribution in [0.3, 0.4) is 0 Å². The minimum atomic E-state index is 0.0459. The molecular formula is C23H24N6O. The lowest BCUT2D eigenvalue weighted by molar-refractivity contribution is -0.127. The third-order valence-corrected chi connectivity index (χ3v) is 5.07. The number of rotatable bonds is 6. The standard InChI is InChI=1S/C23H24N6O/c30-23(11-8-18-5-3-12-24-16-18)29-14-4-6-19(17-29)15-20-9-10-22(28-27-20)26-21-7-1-2-13-25-21/h1-3,5,7-13,16,19H,4,6,14-15,17H2,(H,25,26,28)/b11-8+. The molecule has 0 aromatic carbocycles. The Morgan fingerprint density at radius 2 is 2.07 bits per heavy atom. The molecule has 0 bridgehead atoms. The van der Waals surface area contributed by atoms with Crippen molar-refractivity contribution in [3.63, 3.8) is 0 Å². The van der Waals surface area contributed by atoms with Gasteiger partial charge in [-0.25, -0.2) is 4.98 Å². The van der Waals surface area contributed by atoms with Crippen LogP contribution in [0.15, 0.2) is 67.1 Å². The molecule has 1 N–H and O–H groups in total. The molecule has 1 saturated heterocycles. The number of anilines is 2. The molecule has 3 aromatic heterocycles. The second kappa shape index (κ2) is 9.73. The molecule has 0 aliphatic carbocycles. The number of aromatic nitrogens is 4. The Hall–Kier alpha value is -3.61. The van der Waals surface area contributed by atoms with E-state index in [4.69, 9.17) is 0 Å². The van der Waals surface area contributed by atoms with Crippen LogP contribution in [-0.2, 0) is 11.2 Å². The van der Waals surface area contributed by atoms with E-state index in [1.54, 1.807) is 24.7 Å². The lowest BCUT2D eigenvalue weighted by Crippen LogP contribution is -2.39. The summed E-state index contributed by atoms with van der Waals surface area (Å²) in [6, 6.07) is 13.4. The highest BCUT2D eigenvalue weighted by molar-refractivity contribution is 5.91. The molecule has 1 unspecified atom stereocenters. The van der Waals surface area contributed by atoms with Crippen molar-refractivity contribution in [2.75, 3.05) is 18.4 Å². The SMILES string of the molecule is O=C(/C=C/c1cccnc1)N1CCCC(Cc2ccc(Nc3ccccn3)nn2)C1. The molecular weight excluding hydrogens is 376 g/mol. The van der Waals surface area contributed by atoms with E-state index in [2.05, 4.69) is 25.5 Å². The summed E-state index contributed by atoms with van der Waals surface area (Å²) in [5, 5.41) is 11.7. The van der Waals surface area contributed by atoms with Crippen molar-refractivity contribution in [3.05, 3.63) is 78.4 Å². The van der Waals surface area contributed by atoms with Crippen LogP contribution >= 0.6 is 0 Å². The summed E-state index contributed by atoms with van der Waals surface area (Å²) in [6.45, 7) is 1.54. The van der Waals surface area contributed by atoms with Gasteiger partial charge in [0.25, 0.3) is 0 Å². The van der Waals surface area contributed by atoms with Gasteiger partial charge in [0.15, 0.2) is 5.82 Å². The second-order valence-electron chi connectivity index (χ2n) is 7.37. The number of nitrogens with zero attached hydrogens (tertiary/aromatic N) is 5. The Labute approximate surface area is 175 Å². The zero-order valence-corrected chi connectivity index (χ0v) is 16.7. The number of piperidine rings is 1. The molecule has 30 heavy (non-hydrogen) atoms. The Kier molecular flexibility index (Phi) is 6.39. The molecule has 152 valence electrons. The van der Waals surface area contributed by atoms with Crippen LogP contribution in [0.5, 0.6) is 0 Å². The van der Waals surface area contributed by atoms with Crippen molar-refractivity contribution in [1.82, 2.24) is 25.1 Å². The number of amides is 1. The van der Waals surface area contributed by atoms with Crippen LogP contribution in [-0.4, -0.2) is 44.1 Å². The van der Waals surface area contributed by atoms with Gasteiger partial charge in [-0.1, -0.05) is 12.1 Å². The van der Waals surface area contributed by atoms with Gasteiger partial charge in [0.2, 0.25) is 5.91 Å². The van der Waals surface area contributed by atoms with Gasteiger partial charge in [-0.3, -0.25) is 9.78 Å². The van der Waals surface area contributed by atoms with Crippen molar-refractivity contribution in [3.8, 4) is 0 Å². The summed E-state index contributed by atoms with van der Waals surface area (Å²) in [6.07, 6.45) is 11.6. The van der Waals surface area contributed by atoms with E-state index in [0.29, 0.717) is 11.7 Å². The summed E-state index contributed by atoms with van der Waals surface area (Å²) in [5.74, 6) is 1.83. The van der Waals surface area contributed by atoms with E-state index in [-0.39, 0.29) is 5.91 Å². The number of pyridine rings is 2. The summed E-state index contributed by atoms with van der Waals surface area (Å²) in [5.41, 5.74) is 1.86. The monoisotopic (exact) mass is 400 g/mol. The maximum Gasteiger partial charge on any atom is 0.246 e. The highest BCUT2D eigenvalue weighted by Gasteiger charge is 2.23. The van der Waals surface area contributed by atoms with Crippen LogP contribution in [0.2, 0.25) is 0 Å². The first-order valence-corrected chi connectivity index (χ1v) is 10.1. The van der Waals surface area contributed by atoms with Crippen molar-refractivity contribution < 1.29 is 4.79 Å². The van der Waals surface area contributed by atoms with E-state index >= 15 is 0 Å². The molecule has 1 atom stereocenters. The highest BCUT2D eigenvalue weighted by atomic mass is 16.2. The quantitative estimate of drug-likeness (QED) is 0.638. The fraction of sp³-hybridized carbons (Fsp3) is 0.261. The molecule has 4 heterocycles. The Bertz CT molecular complexity index is 976.